The minimum absolute atomic E-state index is 0.0373. The second-order valence-corrected chi connectivity index (χ2v) is 7.46. The van der Waals surface area contributed by atoms with Crippen LogP contribution in [-0.4, -0.2) is 41.4 Å². The van der Waals surface area contributed by atoms with Crippen LogP contribution in [0.2, 0.25) is 0 Å². The average molecular weight is 341 g/mol. The minimum Gasteiger partial charge on any atom is -0.339 e. The zero-order valence-corrected chi connectivity index (χ0v) is 14.2. The smallest absolute Gasteiger partial charge is 0.322 e. The molecule has 1 unspecified atom stereocenters. The van der Waals surface area contributed by atoms with Gasteiger partial charge in [-0.1, -0.05) is 30.3 Å². The molecule has 0 radical (unpaired) electrons. The van der Waals surface area contributed by atoms with Crippen molar-refractivity contribution >= 4 is 17.8 Å². The van der Waals surface area contributed by atoms with Gasteiger partial charge in [-0.25, -0.2) is 4.79 Å². The molecule has 1 aliphatic carbocycles. The number of nitrogens with zero attached hydrogens (tertiary/aromatic N) is 1. The first kappa shape index (κ1) is 16.1. The van der Waals surface area contributed by atoms with E-state index in [2.05, 4.69) is 34.9 Å². The van der Waals surface area contributed by atoms with E-state index in [1.54, 1.807) is 4.90 Å². The van der Waals surface area contributed by atoms with Gasteiger partial charge in [0.15, 0.2) is 0 Å². The van der Waals surface area contributed by atoms with E-state index < -0.39 is 11.6 Å². The van der Waals surface area contributed by atoms with Crippen LogP contribution in [-0.2, 0) is 9.59 Å². The number of benzene rings is 1. The minimum atomic E-state index is -0.909. The Kier molecular flexibility index (Phi) is 3.98. The summed E-state index contributed by atoms with van der Waals surface area (Å²) in [5.74, 6) is 0.406. The van der Waals surface area contributed by atoms with E-state index >= 15 is 0 Å². The normalized spacial score (nSPS) is 31.9. The Hall–Kier alpha value is -2.37. The van der Waals surface area contributed by atoms with Gasteiger partial charge < -0.3 is 10.2 Å². The summed E-state index contributed by atoms with van der Waals surface area (Å²) in [6, 6.07) is 10.0. The van der Waals surface area contributed by atoms with Gasteiger partial charge in [0.1, 0.15) is 5.54 Å². The van der Waals surface area contributed by atoms with Crippen molar-refractivity contribution in [2.75, 3.05) is 13.1 Å². The van der Waals surface area contributed by atoms with Crippen LogP contribution in [0.5, 0.6) is 0 Å². The molecule has 1 spiro atoms. The highest BCUT2D eigenvalue weighted by Crippen LogP contribution is 2.37. The maximum absolute atomic E-state index is 12.9. The lowest BCUT2D eigenvalue weighted by atomic mass is 9.78. The van der Waals surface area contributed by atoms with Gasteiger partial charge in [0.05, 0.1) is 6.54 Å². The van der Waals surface area contributed by atoms with Crippen molar-refractivity contribution in [2.45, 2.75) is 43.6 Å². The van der Waals surface area contributed by atoms with Crippen LogP contribution < -0.4 is 10.6 Å². The van der Waals surface area contributed by atoms with E-state index in [0.717, 1.165) is 25.7 Å². The zero-order chi connectivity index (χ0) is 17.4. The van der Waals surface area contributed by atoms with Crippen molar-refractivity contribution < 1.29 is 14.4 Å². The van der Waals surface area contributed by atoms with E-state index in [-0.39, 0.29) is 17.7 Å². The predicted octanol–water partition coefficient (Wildman–Crippen LogP) is 1.77. The number of imide groups is 1. The number of hydrogen-bond donors (Lipinski definition) is 2. The third kappa shape index (κ3) is 2.90. The van der Waals surface area contributed by atoms with Crippen molar-refractivity contribution in [3.05, 3.63) is 35.9 Å². The SMILES string of the molecule is O=C1NC(=O)C2(CCN(C(=O)C3CCC(c4ccccc4)CC3)C2)N1. The highest BCUT2D eigenvalue weighted by atomic mass is 16.2. The molecule has 132 valence electrons. The maximum Gasteiger partial charge on any atom is 0.322 e. The first-order chi connectivity index (χ1) is 12.1. The van der Waals surface area contributed by atoms with Gasteiger partial charge in [-0.15, -0.1) is 0 Å². The van der Waals surface area contributed by atoms with Crippen molar-refractivity contribution in [1.29, 1.82) is 0 Å². The lowest BCUT2D eigenvalue weighted by Gasteiger charge is -2.31. The first-order valence-electron chi connectivity index (χ1n) is 9.05. The standard InChI is InChI=1S/C19H23N3O3/c23-16(22-11-10-19(12-22)17(24)20-18(25)21-19)15-8-6-14(7-9-15)13-4-2-1-3-5-13/h1-5,14-15H,6-12H2,(H2,20,21,24,25). The predicted molar refractivity (Wildman–Crippen MR) is 91.7 cm³/mol. The Labute approximate surface area is 147 Å². The van der Waals surface area contributed by atoms with Crippen LogP contribution in [0.25, 0.3) is 0 Å². The number of nitrogens with one attached hydrogen (secondary N) is 2. The number of likely N-dealkylation sites (tertiary alicyclic amines) is 1. The molecule has 1 atom stereocenters. The largest absolute Gasteiger partial charge is 0.339 e. The molecule has 2 saturated heterocycles. The summed E-state index contributed by atoms with van der Waals surface area (Å²) < 4.78 is 0. The molecule has 1 aromatic carbocycles. The van der Waals surface area contributed by atoms with Crippen molar-refractivity contribution in [3.63, 3.8) is 0 Å². The van der Waals surface area contributed by atoms with E-state index in [1.807, 2.05) is 6.07 Å². The molecular weight excluding hydrogens is 318 g/mol. The summed E-state index contributed by atoms with van der Waals surface area (Å²) in [6.07, 6.45) is 4.32. The topological polar surface area (TPSA) is 78.5 Å². The van der Waals surface area contributed by atoms with Crippen LogP contribution in [0.3, 0.4) is 0 Å². The highest BCUT2D eigenvalue weighted by Gasteiger charge is 2.52. The third-order valence-electron chi connectivity index (χ3n) is 5.94. The number of rotatable bonds is 2. The van der Waals surface area contributed by atoms with E-state index in [9.17, 15) is 14.4 Å². The molecule has 2 N–H and O–H groups in total. The summed E-state index contributed by atoms with van der Waals surface area (Å²) in [4.78, 5) is 38.1. The number of hydrogen-bond acceptors (Lipinski definition) is 3. The summed E-state index contributed by atoms with van der Waals surface area (Å²) in [6.45, 7) is 0.827. The molecule has 3 fully saturated rings. The van der Waals surface area contributed by atoms with Gasteiger partial charge in [-0.2, -0.15) is 0 Å². The van der Waals surface area contributed by atoms with Crippen LogP contribution in [0.15, 0.2) is 30.3 Å². The molecule has 6 nitrogen and oxygen atoms in total. The molecule has 3 aliphatic rings. The van der Waals surface area contributed by atoms with Crippen LogP contribution in [0.4, 0.5) is 4.79 Å². The summed E-state index contributed by atoms with van der Waals surface area (Å²) >= 11 is 0. The second-order valence-electron chi connectivity index (χ2n) is 7.46. The number of urea groups is 1. The molecule has 1 aromatic rings. The monoisotopic (exact) mass is 341 g/mol. The third-order valence-corrected chi connectivity index (χ3v) is 5.94. The Morgan fingerprint density at radius 1 is 1.08 bits per heavy atom. The fourth-order valence-electron chi connectivity index (χ4n) is 4.47. The molecule has 1 saturated carbocycles. The fourth-order valence-corrected chi connectivity index (χ4v) is 4.47. The molecule has 6 heteroatoms. The number of carbonyl (C=O) groups is 3. The molecule has 2 aliphatic heterocycles. The zero-order valence-electron chi connectivity index (χ0n) is 14.2. The molecule has 4 rings (SSSR count). The van der Waals surface area contributed by atoms with Gasteiger partial charge in [0.2, 0.25) is 5.91 Å². The van der Waals surface area contributed by atoms with Crippen molar-refractivity contribution in [2.24, 2.45) is 5.92 Å². The van der Waals surface area contributed by atoms with Gasteiger partial charge in [-0.3, -0.25) is 14.9 Å². The second kappa shape index (κ2) is 6.17. The molecular formula is C19H23N3O3. The summed E-state index contributed by atoms with van der Waals surface area (Å²) in [5, 5.41) is 4.99. The molecule has 0 aromatic heterocycles. The van der Waals surface area contributed by atoms with Crippen molar-refractivity contribution in [1.82, 2.24) is 15.5 Å². The maximum atomic E-state index is 12.9. The van der Waals surface area contributed by atoms with E-state index in [4.69, 9.17) is 0 Å². The highest BCUT2D eigenvalue weighted by molar-refractivity contribution is 6.07. The van der Waals surface area contributed by atoms with E-state index in [1.165, 1.54) is 5.56 Å². The molecule has 4 amide bonds. The Morgan fingerprint density at radius 3 is 2.44 bits per heavy atom. The molecule has 25 heavy (non-hydrogen) atoms. The lowest BCUT2D eigenvalue weighted by molar-refractivity contribution is -0.136. The average Bonchev–Trinajstić information content (AvgIpc) is 3.18. The number of amides is 4. The van der Waals surface area contributed by atoms with Gasteiger partial charge in [-0.05, 0) is 43.6 Å². The van der Waals surface area contributed by atoms with Crippen LogP contribution in [0.1, 0.15) is 43.6 Å². The van der Waals surface area contributed by atoms with E-state index in [0.29, 0.717) is 25.4 Å². The van der Waals surface area contributed by atoms with Gasteiger partial charge in [0, 0.05) is 12.5 Å². The van der Waals surface area contributed by atoms with Crippen molar-refractivity contribution in [3.8, 4) is 0 Å². The quantitative estimate of drug-likeness (QED) is 0.805. The van der Waals surface area contributed by atoms with Crippen LogP contribution in [0, 0.1) is 5.92 Å². The van der Waals surface area contributed by atoms with Gasteiger partial charge >= 0.3 is 6.03 Å². The van der Waals surface area contributed by atoms with Gasteiger partial charge in [0.25, 0.3) is 5.91 Å². The molecule has 2 heterocycles. The summed E-state index contributed by atoms with van der Waals surface area (Å²) in [5.41, 5.74) is 0.451. The Bertz CT molecular complexity index is 697. The van der Waals surface area contributed by atoms with Crippen LogP contribution >= 0.6 is 0 Å². The number of carbonyl (C=O) groups excluding carboxylic acids is 3. The Morgan fingerprint density at radius 2 is 1.80 bits per heavy atom. The first-order valence-corrected chi connectivity index (χ1v) is 9.05. The Balaban J connectivity index is 1.36. The lowest BCUT2D eigenvalue weighted by Crippen LogP contribution is -2.50. The fraction of sp³-hybridized carbons (Fsp3) is 0.526. The molecule has 0 bridgehead atoms. The summed E-state index contributed by atoms with van der Waals surface area (Å²) in [7, 11) is 0.